The molecule has 5 heteroatoms. The fourth-order valence-electron chi connectivity index (χ4n) is 4.10. The van der Waals surface area contributed by atoms with Gasteiger partial charge in [-0.15, -0.1) is 0 Å². The van der Waals surface area contributed by atoms with Gasteiger partial charge in [-0.1, -0.05) is 11.6 Å². The van der Waals surface area contributed by atoms with E-state index in [0.29, 0.717) is 11.9 Å². The Bertz CT molecular complexity index is 555. The zero-order valence-electron chi connectivity index (χ0n) is 11.4. The first kappa shape index (κ1) is 12.5. The molecule has 1 aromatic carbocycles. The Morgan fingerprint density at radius 2 is 2.05 bits per heavy atom. The Labute approximate surface area is 124 Å². The highest BCUT2D eigenvalue weighted by molar-refractivity contribution is 6.30. The van der Waals surface area contributed by atoms with Gasteiger partial charge in [-0.3, -0.25) is 4.99 Å². The molecular weight excluding hydrogens is 272 g/mol. The zero-order valence-corrected chi connectivity index (χ0v) is 12.2. The van der Waals surface area contributed by atoms with Crippen LogP contribution in [-0.2, 0) is 0 Å². The average molecular weight is 291 g/mol. The van der Waals surface area contributed by atoms with Gasteiger partial charge in [0.25, 0.3) is 0 Å². The van der Waals surface area contributed by atoms with Crippen LogP contribution in [0.4, 0.5) is 5.69 Å². The third-order valence-corrected chi connectivity index (χ3v) is 5.42. The van der Waals surface area contributed by atoms with E-state index in [9.17, 15) is 0 Å². The molecule has 2 fully saturated rings. The van der Waals surface area contributed by atoms with Gasteiger partial charge in [0.1, 0.15) is 0 Å². The molecule has 2 bridgehead atoms. The molecule has 2 N–H and O–H groups in total. The lowest BCUT2D eigenvalue weighted by molar-refractivity contribution is 0.182. The summed E-state index contributed by atoms with van der Waals surface area (Å²) >= 11 is 6.01. The molecule has 0 amide bonds. The summed E-state index contributed by atoms with van der Waals surface area (Å²) in [5.41, 5.74) is 7.42. The molecule has 20 heavy (non-hydrogen) atoms. The molecule has 2 saturated heterocycles. The molecule has 3 unspecified atom stereocenters. The first-order chi connectivity index (χ1) is 9.69. The zero-order chi connectivity index (χ0) is 13.7. The second-order valence-corrected chi connectivity index (χ2v) is 6.56. The summed E-state index contributed by atoms with van der Waals surface area (Å²) in [5.74, 6) is 1.32. The molecule has 1 aromatic rings. The van der Waals surface area contributed by atoms with E-state index < -0.39 is 0 Å². The van der Waals surface area contributed by atoms with Crippen LogP contribution in [0.1, 0.15) is 12.8 Å². The highest BCUT2D eigenvalue weighted by Gasteiger charge is 2.53. The van der Waals surface area contributed by atoms with Crippen LogP contribution in [0.5, 0.6) is 0 Å². The number of halogens is 1. The monoisotopic (exact) mass is 290 g/mol. The highest BCUT2D eigenvalue weighted by atomic mass is 35.5. The smallest absolute Gasteiger partial charge is 0.196 e. The van der Waals surface area contributed by atoms with E-state index in [-0.39, 0.29) is 5.54 Å². The van der Waals surface area contributed by atoms with E-state index in [1.807, 2.05) is 12.1 Å². The third-order valence-electron chi connectivity index (χ3n) is 5.17. The normalized spacial score (nSPS) is 35.6. The molecule has 0 saturated carbocycles. The Kier molecular flexibility index (Phi) is 2.72. The largest absolute Gasteiger partial charge is 0.369 e. The Hall–Kier alpha value is -1.26. The maximum Gasteiger partial charge on any atom is 0.196 e. The number of guanidine groups is 1. The second-order valence-electron chi connectivity index (χ2n) is 6.13. The summed E-state index contributed by atoms with van der Waals surface area (Å²) < 4.78 is 0. The number of nitrogens with two attached hydrogens (primary N) is 1. The SMILES string of the molecule is NC1=NCC2(CCN3CCC2C3)N1c1ccc(Cl)cc1. The Morgan fingerprint density at radius 1 is 1.25 bits per heavy atom. The molecule has 1 spiro atoms. The van der Waals surface area contributed by atoms with E-state index in [1.54, 1.807) is 0 Å². The number of nitrogens with zero attached hydrogens (tertiary/aromatic N) is 3. The van der Waals surface area contributed by atoms with Gasteiger partial charge in [0.15, 0.2) is 5.96 Å². The number of aliphatic imine (C=N–C) groups is 1. The standard InChI is InChI=1S/C15H19ClN4/c16-12-1-3-13(4-2-12)20-14(17)18-10-15(20)6-8-19-7-5-11(15)9-19/h1-4,11H,5-10H2,(H2,17,18). The summed E-state index contributed by atoms with van der Waals surface area (Å²) in [6.45, 7) is 4.40. The summed E-state index contributed by atoms with van der Waals surface area (Å²) in [6.07, 6.45) is 2.40. The highest BCUT2D eigenvalue weighted by Crippen LogP contribution is 2.44. The second kappa shape index (κ2) is 4.37. The van der Waals surface area contributed by atoms with Crippen LogP contribution < -0.4 is 10.6 Å². The summed E-state index contributed by atoms with van der Waals surface area (Å²) in [5, 5.41) is 0.758. The summed E-state index contributed by atoms with van der Waals surface area (Å²) in [6, 6.07) is 7.97. The molecule has 0 radical (unpaired) electrons. The maximum atomic E-state index is 6.21. The molecule has 0 aliphatic carbocycles. The number of fused-ring (bicyclic) bond motifs is 3. The van der Waals surface area contributed by atoms with Crippen molar-refractivity contribution in [3.05, 3.63) is 29.3 Å². The number of benzene rings is 1. The number of hydrogen-bond acceptors (Lipinski definition) is 4. The molecule has 0 aromatic heterocycles. The van der Waals surface area contributed by atoms with Crippen LogP contribution >= 0.6 is 11.6 Å². The number of anilines is 1. The number of rotatable bonds is 1. The molecule has 106 valence electrons. The quantitative estimate of drug-likeness (QED) is 0.860. The van der Waals surface area contributed by atoms with E-state index in [0.717, 1.165) is 30.2 Å². The summed E-state index contributed by atoms with van der Waals surface area (Å²) in [7, 11) is 0. The van der Waals surface area contributed by atoms with Gasteiger partial charge in [0, 0.05) is 23.8 Å². The fraction of sp³-hybridized carbons (Fsp3) is 0.533. The molecule has 4 rings (SSSR count). The van der Waals surface area contributed by atoms with Gasteiger partial charge in [-0.05, 0) is 49.6 Å². The van der Waals surface area contributed by atoms with E-state index >= 15 is 0 Å². The van der Waals surface area contributed by atoms with Gasteiger partial charge in [0.2, 0.25) is 0 Å². The van der Waals surface area contributed by atoms with Gasteiger partial charge in [-0.25, -0.2) is 0 Å². The van der Waals surface area contributed by atoms with E-state index in [4.69, 9.17) is 17.3 Å². The first-order valence-corrected chi connectivity index (χ1v) is 7.65. The van der Waals surface area contributed by atoms with Crippen molar-refractivity contribution in [3.63, 3.8) is 0 Å². The lowest BCUT2D eigenvalue weighted by Gasteiger charge is -2.46. The van der Waals surface area contributed by atoms with Crippen molar-refractivity contribution in [1.82, 2.24) is 4.90 Å². The van der Waals surface area contributed by atoms with Crippen LogP contribution in [0.25, 0.3) is 0 Å². The molecule has 4 nitrogen and oxygen atoms in total. The predicted molar refractivity (Wildman–Crippen MR) is 82.3 cm³/mol. The predicted octanol–water partition coefficient (Wildman–Crippen LogP) is 1.94. The lowest BCUT2D eigenvalue weighted by Crippen LogP contribution is -2.60. The average Bonchev–Trinajstić information content (AvgIpc) is 3.00. The van der Waals surface area contributed by atoms with Crippen molar-refractivity contribution in [2.24, 2.45) is 16.6 Å². The van der Waals surface area contributed by atoms with Crippen molar-refractivity contribution in [3.8, 4) is 0 Å². The maximum absolute atomic E-state index is 6.21. The minimum absolute atomic E-state index is 0.0882. The van der Waals surface area contributed by atoms with Gasteiger partial charge < -0.3 is 15.5 Å². The molecule has 3 aliphatic rings. The van der Waals surface area contributed by atoms with Crippen LogP contribution in [0.15, 0.2) is 29.3 Å². The minimum Gasteiger partial charge on any atom is -0.369 e. The molecule has 3 aliphatic heterocycles. The van der Waals surface area contributed by atoms with E-state index in [2.05, 4.69) is 26.9 Å². The van der Waals surface area contributed by atoms with Crippen molar-refractivity contribution in [2.75, 3.05) is 31.1 Å². The van der Waals surface area contributed by atoms with Crippen LogP contribution in [-0.4, -0.2) is 42.6 Å². The Morgan fingerprint density at radius 3 is 2.85 bits per heavy atom. The van der Waals surface area contributed by atoms with E-state index in [1.165, 1.54) is 19.5 Å². The molecule has 3 heterocycles. The van der Waals surface area contributed by atoms with Crippen molar-refractivity contribution >= 4 is 23.2 Å². The van der Waals surface area contributed by atoms with Gasteiger partial charge in [-0.2, -0.15) is 0 Å². The number of hydrogen-bond donors (Lipinski definition) is 1. The number of piperidine rings is 1. The first-order valence-electron chi connectivity index (χ1n) is 7.27. The van der Waals surface area contributed by atoms with Crippen LogP contribution in [0.2, 0.25) is 5.02 Å². The van der Waals surface area contributed by atoms with Gasteiger partial charge >= 0.3 is 0 Å². The minimum atomic E-state index is 0.0882. The van der Waals surface area contributed by atoms with Gasteiger partial charge in [0.05, 0.1) is 12.1 Å². The van der Waals surface area contributed by atoms with Crippen LogP contribution in [0.3, 0.4) is 0 Å². The van der Waals surface area contributed by atoms with Crippen molar-refractivity contribution in [2.45, 2.75) is 18.4 Å². The van der Waals surface area contributed by atoms with Crippen molar-refractivity contribution in [1.29, 1.82) is 0 Å². The fourth-order valence-corrected chi connectivity index (χ4v) is 4.23. The molecule has 3 atom stereocenters. The molecular formula is C15H19ClN4. The summed E-state index contributed by atoms with van der Waals surface area (Å²) in [4.78, 5) is 9.41. The topological polar surface area (TPSA) is 44.9 Å². The Balaban J connectivity index is 1.75. The third kappa shape index (κ3) is 1.68. The lowest BCUT2D eigenvalue weighted by atomic mass is 9.77. The van der Waals surface area contributed by atoms with Crippen LogP contribution in [0, 0.1) is 5.92 Å². The van der Waals surface area contributed by atoms with Crippen molar-refractivity contribution < 1.29 is 0 Å².